The fourth-order valence-electron chi connectivity index (χ4n) is 3.78. The number of hydrogen-bond acceptors (Lipinski definition) is 3. The van der Waals surface area contributed by atoms with Gasteiger partial charge in [0.1, 0.15) is 6.54 Å². The van der Waals surface area contributed by atoms with Crippen LogP contribution in [0.3, 0.4) is 0 Å². The molecule has 0 aliphatic carbocycles. The molecule has 0 spiro atoms. The number of anilines is 1. The number of para-hydroxylation sites is 1. The highest BCUT2D eigenvalue weighted by Gasteiger charge is 2.65. The van der Waals surface area contributed by atoms with E-state index in [1.165, 1.54) is 17.9 Å². The minimum Gasteiger partial charge on any atom is -1.00 e. The van der Waals surface area contributed by atoms with Gasteiger partial charge in [-0.05, 0) is 36.7 Å². The van der Waals surface area contributed by atoms with Gasteiger partial charge in [0.15, 0.2) is 5.37 Å². The maximum absolute atomic E-state index is 12.1. The predicted octanol–water partition coefficient (Wildman–Crippen LogP) is -0.740. The highest BCUT2D eigenvalue weighted by Crippen LogP contribution is 2.53. The molecule has 2 atom stereocenters. The van der Waals surface area contributed by atoms with Crippen LogP contribution in [0.25, 0.3) is 0 Å². The number of benzene rings is 1. The van der Waals surface area contributed by atoms with Gasteiger partial charge in [0.2, 0.25) is 11.0 Å². The van der Waals surface area contributed by atoms with Crippen LogP contribution in [0.4, 0.5) is 5.69 Å². The lowest BCUT2D eigenvalue weighted by atomic mass is 10.0. The summed E-state index contributed by atoms with van der Waals surface area (Å²) >= 11 is 1.67. The van der Waals surface area contributed by atoms with Crippen LogP contribution in [-0.2, 0) is 10.5 Å². The molecule has 4 rings (SSSR count). The molecule has 0 fully saturated rings. The number of nitrogens with zero attached hydrogens (tertiary/aromatic N) is 2. The zero-order valence-corrected chi connectivity index (χ0v) is 14.9. The number of halogens is 1. The van der Waals surface area contributed by atoms with E-state index in [1.54, 1.807) is 23.6 Å². The van der Waals surface area contributed by atoms with Gasteiger partial charge in [-0.1, -0.05) is 12.1 Å². The summed E-state index contributed by atoms with van der Waals surface area (Å²) in [5, 5.41) is 12.5. The molecule has 1 amide bonds. The fraction of sp³-hybridized carbons (Fsp3) is 0.500. The average molecular weight is 383 g/mol. The molecule has 2 unspecified atom stereocenters. The molecule has 0 bridgehead atoms. The van der Waals surface area contributed by atoms with Gasteiger partial charge in [0.25, 0.3) is 0 Å². The molecule has 22 heavy (non-hydrogen) atoms. The molecule has 6 heteroatoms. The summed E-state index contributed by atoms with van der Waals surface area (Å²) in [6.07, 6.45) is 4.49. The number of carbonyl (C=O) groups is 1. The average Bonchev–Trinajstić information content (AvgIpc) is 2.75. The SMILES string of the molecule is CC(=O)N1c2ccccc2C2(O)C1SC1=[N+]2CCCCC1.[Br-]. The van der Waals surface area contributed by atoms with Gasteiger partial charge < -0.3 is 22.1 Å². The number of aliphatic hydroxyl groups is 1. The second-order valence-corrected chi connectivity index (χ2v) is 7.11. The van der Waals surface area contributed by atoms with Gasteiger partial charge in [-0.3, -0.25) is 9.69 Å². The third-order valence-electron chi connectivity index (χ3n) is 4.71. The van der Waals surface area contributed by atoms with Crippen LogP contribution in [0.5, 0.6) is 0 Å². The molecule has 0 saturated heterocycles. The predicted molar refractivity (Wildman–Crippen MR) is 83.5 cm³/mol. The van der Waals surface area contributed by atoms with E-state index in [1.807, 2.05) is 24.3 Å². The monoisotopic (exact) mass is 382 g/mol. The highest BCUT2D eigenvalue weighted by molar-refractivity contribution is 8.14. The van der Waals surface area contributed by atoms with E-state index in [4.69, 9.17) is 0 Å². The lowest BCUT2D eigenvalue weighted by Crippen LogP contribution is -3.00. The number of thioether (sulfide) groups is 1. The van der Waals surface area contributed by atoms with Gasteiger partial charge >= 0.3 is 5.72 Å². The van der Waals surface area contributed by atoms with E-state index in [0.29, 0.717) is 0 Å². The van der Waals surface area contributed by atoms with Crippen molar-refractivity contribution in [2.24, 2.45) is 0 Å². The van der Waals surface area contributed by atoms with Gasteiger partial charge in [-0.15, -0.1) is 0 Å². The number of amides is 1. The van der Waals surface area contributed by atoms with Crippen LogP contribution in [0, 0.1) is 0 Å². The van der Waals surface area contributed by atoms with Crippen molar-refractivity contribution in [1.82, 2.24) is 0 Å². The zero-order chi connectivity index (χ0) is 14.6. The lowest BCUT2D eigenvalue weighted by Gasteiger charge is -2.24. The molecule has 1 aromatic rings. The van der Waals surface area contributed by atoms with E-state index < -0.39 is 5.72 Å². The second kappa shape index (κ2) is 5.65. The van der Waals surface area contributed by atoms with E-state index in [9.17, 15) is 9.90 Å². The van der Waals surface area contributed by atoms with Crippen molar-refractivity contribution in [3.05, 3.63) is 29.8 Å². The minimum absolute atomic E-state index is 0. The molecular weight excluding hydrogens is 364 g/mol. The van der Waals surface area contributed by atoms with Gasteiger partial charge in [-0.2, -0.15) is 4.58 Å². The summed E-state index contributed by atoms with van der Waals surface area (Å²) in [6.45, 7) is 2.45. The molecule has 0 saturated carbocycles. The number of hydrogen-bond donors (Lipinski definition) is 1. The van der Waals surface area contributed by atoms with Crippen LogP contribution in [-0.4, -0.2) is 32.6 Å². The van der Waals surface area contributed by atoms with Crippen molar-refractivity contribution in [2.45, 2.75) is 43.7 Å². The Bertz CT molecular complexity index is 663. The van der Waals surface area contributed by atoms with E-state index in [-0.39, 0.29) is 28.3 Å². The van der Waals surface area contributed by atoms with E-state index >= 15 is 0 Å². The standard InChI is InChI=1S/C16H19N2O2S.BrH/c1-11(19)18-13-8-5-4-7-12(13)16(20)15(18)21-14-9-3-2-6-10-17(14)16;/h4-5,7-8,15,20H,2-3,6,9-10H2,1H3;1H/q+1;/p-1. The number of fused-ring (bicyclic) bond motifs is 4. The molecule has 3 aliphatic heterocycles. The smallest absolute Gasteiger partial charge is 0.326 e. The molecule has 0 aromatic heterocycles. The first-order valence-electron chi connectivity index (χ1n) is 7.56. The Labute approximate surface area is 145 Å². The highest BCUT2D eigenvalue weighted by atomic mass is 79.9. The second-order valence-electron chi connectivity index (χ2n) is 5.96. The molecule has 1 N–H and O–H groups in total. The Balaban J connectivity index is 0.00000144. The number of rotatable bonds is 0. The third-order valence-corrected chi connectivity index (χ3v) is 6.17. The van der Waals surface area contributed by atoms with Crippen molar-refractivity contribution in [1.29, 1.82) is 0 Å². The van der Waals surface area contributed by atoms with Gasteiger partial charge in [-0.25, -0.2) is 0 Å². The van der Waals surface area contributed by atoms with Crippen LogP contribution in [0.15, 0.2) is 24.3 Å². The zero-order valence-electron chi connectivity index (χ0n) is 12.5. The first kappa shape index (κ1) is 16.0. The fourth-order valence-corrected chi connectivity index (χ4v) is 5.44. The largest absolute Gasteiger partial charge is 1.00 e. The van der Waals surface area contributed by atoms with Gasteiger partial charge in [0.05, 0.1) is 11.3 Å². The summed E-state index contributed by atoms with van der Waals surface area (Å²) in [5.41, 5.74) is 0.662. The molecule has 3 heterocycles. The maximum atomic E-state index is 12.1. The molecule has 3 aliphatic rings. The Kier molecular flexibility index (Phi) is 4.12. The first-order chi connectivity index (χ1) is 10.1. The van der Waals surface area contributed by atoms with E-state index in [0.717, 1.165) is 30.6 Å². The van der Waals surface area contributed by atoms with Crippen LogP contribution < -0.4 is 21.9 Å². The summed E-state index contributed by atoms with van der Waals surface area (Å²) in [4.78, 5) is 13.9. The van der Waals surface area contributed by atoms with Crippen molar-refractivity contribution < 1.29 is 31.5 Å². The van der Waals surface area contributed by atoms with Gasteiger partial charge in [0, 0.05) is 19.8 Å². The van der Waals surface area contributed by atoms with Crippen LogP contribution in [0.1, 0.15) is 38.2 Å². The minimum atomic E-state index is -1.06. The summed E-state index contributed by atoms with van der Waals surface area (Å²) in [7, 11) is 0. The topological polar surface area (TPSA) is 43.6 Å². The Morgan fingerprint density at radius 1 is 1.36 bits per heavy atom. The van der Waals surface area contributed by atoms with Crippen molar-refractivity contribution in [2.75, 3.05) is 11.4 Å². The maximum Gasteiger partial charge on any atom is 0.326 e. The van der Waals surface area contributed by atoms with Crippen molar-refractivity contribution in [3.63, 3.8) is 0 Å². The van der Waals surface area contributed by atoms with Crippen molar-refractivity contribution in [3.8, 4) is 0 Å². The number of carbonyl (C=O) groups excluding carboxylic acids is 1. The summed E-state index contributed by atoms with van der Waals surface area (Å²) in [5.74, 6) is -0.00543. The quantitative estimate of drug-likeness (QED) is 0.601. The summed E-state index contributed by atoms with van der Waals surface area (Å²) in [6, 6.07) is 7.76. The normalized spacial score (nSPS) is 29.4. The molecule has 4 nitrogen and oxygen atoms in total. The summed E-state index contributed by atoms with van der Waals surface area (Å²) < 4.78 is 2.15. The molecule has 0 radical (unpaired) electrons. The van der Waals surface area contributed by atoms with Crippen molar-refractivity contribution >= 4 is 28.4 Å². The van der Waals surface area contributed by atoms with Crippen LogP contribution >= 0.6 is 11.8 Å². The molecular formula is C16H19BrN2O2S. The van der Waals surface area contributed by atoms with Crippen LogP contribution in [0.2, 0.25) is 0 Å². The Morgan fingerprint density at radius 2 is 2.14 bits per heavy atom. The Morgan fingerprint density at radius 3 is 2.91 bits per heavy atom. The lowest BCUT2D eigenvalue weighted by molar-refractivity contribution is -0.661. The van der Waals surface area contributed by atoms with E-state index in [2.05, 4.69) is 4.58 Å². The molecule has 118 valence electrons. The molecule has 1 aromatic carbocycles. The first-order valence-corrected chi connectivity index (χ1v) is 8.44. The Hall–Kier alpha value is -0.850. The third kappa shape index (κ3) is 2.00.